The van der Waals surface area contributed by atoms with Crippen molar-refractivity contribution < 1.29 is 19.3 Å². The molecule has 2 aliphatic heterocycles. The molecule has 0 saturated carbocycles. The zero-order valence-corrected chi connectivity index (χ0v) is 19.0. The molecule has 5 rings (SSSR count). The first-order valence-electron chi connectivity index (χ1n) is 11.0. The van der Waals surface area contributed by atoms with Crippen LogP contribution in [0.1, 0.15) is 22.6 Å². The van der Waals surface area contributed by atoms with Crippen LogP contribution in [0, 0.1) is 10.1 Å². The smallest absolute Gasteiger partial charge is 0.325 e. The fourth-order valence-electron chi connectivity index (χ4n) is 4.15. The minimum atomic E-state index is -0.867. The average Bonchev–Trinajstić information content (AvgIpc) is 3.32. The summed E-state index contributed by atoms with van der Waals surface area (Å²) in [6, 6.07) is 19.8. The summed E-state index contributed by atoms with van der Waals surface area (Å²) in [6.07, 6.45) is 1.55. The van der Waals surface area contributed by atoms with Crippen molar-refractivity contribution in [2.75, 3.05) is 12.4 Å². The summed E-state index contributed by atoms with van der Waals surface area (Å²) < 4.78 is 0. The van der Waals surface area contributed by atoms with E-state index >= 15 is 0 Å². The Balaban J connectivity index is 1.60. The number of benzene rings is 3. The van der Waals surface area contributed by atoms with Gasteiger partial charge in [-0.2, -0.15) is 0 Å². The number of non-ortho nitro benzene ring substituents is 1. The second-order valence-electron chi connectivity index (χ2n) is 8.26. The summed E-state index contributed by atoms with van der Waals surface area (Å²) in [5.74, 6) is -1.65. The van der Waals surface area contributed by atoms with Gasteiger partial charge in [-0.3, -0.25) is 29.6 Å². The molecule has 0 aliphatic carbocycles. The van der Waals surface area contributed by atoms with Crippen LogP contribution in [0.4, 0.5) is 21.9 Å². The van der Waals surface area contributed by atoms with E-state index in [1.165, 1.54) is 25.2 Å². The number of fused-ring (bicyclic) bond motifs is 1. The normalized spacial score (nSPS) is 18.3. The number of aliphatic imine (C=N–C) groups is 1. The number of hydrogen-bond acceptors (Lipinski definition) is 6. The summed E-state index contributed by atoms with van der Waals surface area (Å²) in [6.45, 7) is 0. The molecule has 1 atom stereocenters. The van der Waals surface area contributed by atoms with Crippen LogP contribution in [0.3, 0.4) is 0 Å². The van der Waals surface area contributed by atoms with Gasteiger partial charge in [0.2, 0.25) is 5.91 Å². The number of nitro benzene ring substituents is 1. The second kappa shape index (κ2) is 8.91. The van der Waals surface area contributed by atoms with E-state index in [2.05, 4.69) is 10.6 Å². The molecule has 178 valence electrons. The lowest BCUT2D eigenvalue weighted by Crippen LogP contribution is -2.25. The van der Waals surface area contributed by atoms with Crippen LogP contribution in [-0.2, 0) is 9.59 Å². The van der Waals surface area contributed by atoms with Gasteiger partial charge < -0.3 is 10.6 Å². The average molecular weight is 481 g/mol. The third-order valence-electron chi connectivity index (χ3n) is 5.93. The molecule has 0 radical (unpaired) electrons. The van der Waals surface area contributed by atoms with E-state index in [1.807, 2.05) is 30.3 Å². The molecule has 2 aliphatic rings. The molecule has 1 unspecified atom stereocenters. The Morgan fingerprint density at radius 1 is 1.00 bits per heavy atom. The van der Waals surface area contributed by atoms with Gasteiger partial charge in [-0.25, -0.2) is 4.79 Å². The van der Waals surface area contributed by atoms with Crippen LogP contribution in [0.25, 0.3) is 6.08 Å². The zero-order valence-electron chi connectivity index (χ0n) is 19.0. The van der Waals surface area contributed by atoms with Crippen molar-refractivity contribution in [1.29, 1.82) is 0 Å². The first-order valence-corrected chi connectivity index (χ1v) is 11.0. The quantitative estimate of drug-likeness (QED) is 0.187. The fourth-order valence-corrected chi connectivity index (χ4v) is 4.15. The van der Waals surface area contributed by atoms with Crippen molar-refractivity contribution >= 4 is 46.7 Å². The SMILES string of the molecule is CN1C(=O)NC(=Cc2cccc(N=C(c3ccccc3)C3C(=O)Nc4ccc([N+](=O)[O-])cc43)c2)C1=O. The molecule has 4 amide bonds. The molecule has 0 aromatic heterocycles. The van der Waals surface area contributed by atoms with E-state index in [1.54, 1.807) is 30.3 Å². The fraction of sp³-hybridized carbons (Fsp3) is 0.0769. The van der Waals surface area contributed by atoms with Crippen LogP contribution >= 0.6 is 0 Å². The Morgan fingerprint density at radius 2 is 1.78 bits per heavy atom. The van der Waals surface area contributed by atoms with Crippen LogP contribution in [0.5, 0.6) is 0 Å². The monoisotopic (exact) mass is 481 g/mol. The van der Waals surface area contributed by atoms with E-state index < -0.39 is 22.8 Å². The third-order valence-corrected chi connectivity index (χ3v) is 5.93. The largest absolute Gasteiger partial charge is 0.328 e. The van der Waals surface area contributed by atoms with Crippen molar-refractivity contribution in [2.45, 2.75) is 5.92 Å². The van der Waals surface area contributed by atoms with Crippen molar-refractivity contribution in [2.24, 2.45) is 4.99 Å². The summed E-state index contributed by atoms with van der Waals surface area (Å²) in [7, 11) is 1.39. The maximum absolute atomic E-state index is 13.1. The molecule has 2 N–H and O–H groups in total. The molecule has 3 aromatic carbocycles. The molecular formula is C26H19N5O5. The van der Waals surface area contributed by atoms with Gasteiger partial charge in [-0.15, -0.1) is 0 Å². The predicted octanol–water partition coefficient (Wildman–Crippen LogP) is 3.97. The number of hydrogen-bond donors (Lipinski definition) is 2. The molecule has 36 heavy (non-hydrogen) atoms. The zero-order chi connectivity index (χ0) is 25.4. The third kappa shape index (κ3) is 4.11. The number of carbonyl (C=O) groups is 3. The van der Waals surface area contributed by atoms with Gasteiger partial charge in [0.25, 0.3) is 11.6 Å². The number of nitrogens with zero attached hydrogens (tertiary/aromatic N) is 3. The lowest BCUT2D eigenvalue weighted by molar-refractivity contribution is -0.384. The maximum atomic E-state index is 13.1. The van der Waals surface area contributed by atoms with E-state index in [-0.39, 0.29) is 17.3 Å². The number of likely N-dealkylation sites (N-methyl/N-ethyl adjacent to an activating group) is 1. The molecule has 3 aromatic rings. The van der Waals surface area contributed by atoms with Gasteiger partial charge in [0.1, 0.15) is 11.6 Å². The Hall–Kier alpha value is -5.12. The van der Waals surface area contributed by atoms with E-state index in [9.17, 15) is 24.5 Å². The Morgan fingerprint density at radius 3 is 2.47 bits per heavy atom. The molecular weight excluding hydrogens is 462 g/mol. The maximum Gasteiger partial charge on any atom is 0.328 e. The summed E-state index contributed by atoms with van der Waals surface area (Å²) in [4.78, 5) is 53.7. The van der Waals surface area contributed by atoms with Crippen molar-refractivity contribution in [1.82, 2.24) is 10.2 Å². The number of anilines is 1. The number of nitro groups is 1. The van der Waals surface area contributed by atoms with Gasteiger partial charge in [0.15, 0.2) is 0 Å². The van der Waals surface area contributed by atoms with Crippen molar-refractivity contribution in [3.63, 3.8) is 0 Å². The summed E-state index contributed by atoms with van der Waals surface area (Å²) in [5, 5.41) is 16.7. The highest BCUT2D eigenvalue weighted by atomic mass is 16.6. The number of carbonyl (C=O) groups excluding carboxylic acids is 3. The summed E-state index contributed by atoms with van der Waals surface area (Å²) >= 11 is 0. The second-order valence-corrected chi connectivity index (χ2v) is 8.26. The van der Waals surface area contributed by atoms with Crippen LogP contribution < -0.4 is 10.6 Å². The number of rotatable bonds is 5. The van der Waals surface area contributed by atoms with Crippen LogP contribution in [0.15, 0.2) is 83.5 Å². The minimum Gasteiger partial charge on any atom is -0.325 e. The lowest BCUT2D eigenvalue weighted by Gasteiger charge is -2.14. The molecule has 1 fully saturated rings. The molecule has 0 spiro atoms. The van der Waals surface area contributed by atoms with E-state index in [0.717, 1.165) is 4.90 Å². The Labute approximate surface area is 205 Å². The van der Waals surface area contributed by atoms with Gasteiger partial charge in [0.05, 0.1) is 16.3 Å². The van der Waals surface area contributed by atoms with Gasteiger partial charge in [0, 0.05) is 30.4 Å². The highest BCUT2D eigenvalue weighted by Crippen LogP contribution is 2.38. The molecule has 2 heterocycles. The molecule has 10 nitrogen and oxygen atoms in total. The molecule has 10 heteroatoms. The minimum absolute atomic E-state index is 0.121. The predicted molar refractivity (Wildman–Crippen MR) is 133 cm³/mol. The van der Waals surface area contributed by atoms with Gasteiger partial charge >= 0.3 is 6.03 Å². The molecule has 0 bridgehead atoms. The number of imide groups is 1. The number of nitrogens with one attached hydrogen (secondary N) is 2. The number of amides is 4. The topological polar surface area (TPSA) is 134 Å². The number of urea groups is 1. The Bertz CT molecular complexity index is 1500. The standard InChI is InChI=1S/C26H19N5O5/c1-30-25(33)21(29-26(30)34)13-15-6-5-9-17(12-15)27-23(16-7-3-2-4-8-16)22-19-14-18(31(35)36)10-11-20(19)28-24(22)32/h2-14,22H,1H3,(H,28,32)(H,29,34). The van der Waals surface area contributed by atoms with E-state index in [0.29, 0.717) is 33.8 Å². The van der Waals surface area contributed by atoms with Crippen LogP contribution in [-0.4, -0.2) is 40.4 Å². The van der Waals surface area contributed by atoms with Crippen molar-refractivity contribution in [3.05, 3.63) is 105 Å². The Kier molecular flexibility index (Phi) is 5.61. The molecule has 1 saturated heterocycles. The van der Waals surface area contributed by atoms with Crippen molar-refractivity contribution in [3.8, 4) is 0 Å². The first-order chi connectivity index (χ1) is 17.3. The summed E-state index contributed by atoms with van der Waals surface area (Å²) in [5.41, 5.74) is 3.21. The van der Waals surface area contributed by atoms with E-state index in [4.69, 9.17) is 4.99 Å². The lowest BCUT2D eigenvalue weighted by atomic mass is 9.90. The highest BCUT2D eigenvalue weighted by molar-refractivity contribution is 6.24. The van der Waals surface area contributed by atoms with Gasteiger partial charge in [-0.05, 0) is 35.4 Å². The van der Waals surface area contributed by atoms with Crippen LogP contribution in [0.2, 0.25) is 0 Å². The van der Waals surface area contributed by atoms with Gasteiger partial charge in [-0.1, -0.05) is 42.5 Å². The first kappa shape index (κ1) is 22.7. The highest BCUT2D eigenvalue weighted by Gasteiger charge is 2.36.